The maximum absolute atomic E-state index is 10.5. The SMILES string of the molecule is CN(Cc1ccc(I)cc1)C(=O)O. The molecule has 0 unspecified atom stereocenters. The molecule has 0 fully saturated rings. The average Bonchev–Trinajstić information content (AvgIpc) is 2.08. The Morgan fingerprint density at radius 2 is 2.00 bits per heavy atom. The van der Waals surface area contributed by atoms with Crippen LogP contribution in [0.15, 0.2) is 24.3 Å². The van der Waals surface area contributed by atoms with Crippen LogP contribution >= 0.6 is 22.6 Å². The second-order valence-corrected chi connectivity index (χ2v) is 4.01. The molecule has 0 heterocycles. The molecule has 70 valence electrons. The summed E-state index contributed by atoms with van der Waals surface area (Å²) in [5, 5.41) is 8.62. The Morgan fingerprint density at radius 1 is 1.46 bits per heavy atom. The lowest BCUT2D eigenvalue weighted by atomic mass is 10.2. The Bertz CT molecular complexity index is 297. The molecule has 1 N–H and O–H groups in total. The smallest absolute Gasteiger partial charge is 0.407 e. The molecule has 0 saturated heterocycles. The summed E-state index contributed by atoms with van der Waals surface area (Å²) in [4.78, 5) is 11.7. The van der Waals surface area contributed by atoms with E-state index in [1.807, 2.05) is 24.3 Å². The van der Waals surface area contributed by atoms with E-state index in [1.54, 1.807) is 7.05 Å². The summed E-state index contributed by atoms with van der Waals surface area (Å²) in [5.41, 5.74) is 1.00. The van der Waals surface area contributed by atoms with Gasteiger partial charge in [-0.3, -0.25) is 0 Å². The molecule has 1 amide bonds. The Kier molecular flexibility index (Phi) is 3.53. The molecule has 1 aromatic carbocycles. The zero-order valence-corrected chi connectivity index (χ0v) is 9.35. The molecule has 0 atom stereocenters. The monoisotopic (exact) mass is 291 g/mol. The van der Waals surface area contributed by atoms with Crippen molar-refractivity contribution in [2.45, 2.75) is 6.54 Å². The van der Waals surface area contributed by atoms with Crippen LogP contribution in [0.3, 0.4) is 0 Å². The van der Waals surface area contributed by atoms with E-state index in [1.165, 1.54) is 4.90 Å². The molecule has 1 rings (SSSR count). The zero-order valence-electron chi connectivity index (χ0n) is 7.20. The summed E-state index contributed by atoms with van der Waals surface area (Å²) in [6, 6.07) is 7.79. The van der Waals surface area contributed by atoms with Gasteiger partial charge in [-0.05, 0) is 40.3 Å². The van der Waals surface area contributed by atoms with Crippen molar-refractivity contribution in [2.24, 2.45) is 0 Å². The van der Waals surface area contributed by atoms with Crippen LogP contribution in [0, 0.1) is 3.57 Å². The molecule has 4 heteroatoms. The molecule has 0 aliphatic heterocycles. The molecular formula is C9H10INO2. The highest BCUT2D eigenvalue weighted by atomic mass is 127. The molecule has 0 aliphatic rings. The van der Waals surface area contributed by atoms with E-state index < -0.39 is 6.09 Å². The van der Waals surface area contributed by atoms with E-state index in [-0.39, 0.29) is 0 Å². The molecule has 0 bridgehead atoms. The Morgan fingerprint density at radius 3 is 2.46 bits per heavy atom. The van der Waals surface area contributed by atoms with E-state index in [4.69, 9.17) is 5.11 Å². The van der Waals surface area contributed by atoms with Gasteiger partial charge in [-0.25, -0.2) is 4.79 Å². The Hall–Kier alpha value is -0.780. The topological polar surface area (TPSA) is 40.5 Å². The Labute approximate surface area is 90.5 Å². The average molecular weight is 291 g/mol. The van der Waals surface area contributed by atoms with Crippen LogP contribution in [0.4, 0.5) is 4.79 Å². The van der Waals surface area contributed by atoms with Crippen LogP contribution in [0.1, 0.15) is 5.56 Å². The van der Waals surface area contributed by atoms with E-state index in [0.717, 1.165) is 9.13 Å². The number of halogens is 1. The first-order chi connectivity index (χ1) is 6.09. The summed E-state index contributed by atoms with van der Waals surface area (Å²) >= 11 is 2.21. The maximum atomic E-state index is 10.5. The number of benzene rings is 1. The lowest BCUT2D eigenvalue weighted by Crippen LogP contribution is -2.23. The largest absolute Gasteiger partial charge is 0.465 e. The first-order valence-corrected chi connectivity index (χ1v) is 4.86. The predicted molar refractivity (Wildman–Crippen MR) is 58.7 cm³/mol. The third-order valence-electron chi connectivity index (χ3n) is 1.66. The van der Waals surface area contributed by atoms with Crippen molar-refractivity contribution in [3.8, 4) is 0 Å². The van der Waals surface area contributed by atoms with Gasteiger partial charge in [-0.1, -0.05) is 12.1 Å². The van der Waals surface area contributed by atoms with E-state index in [0.29, 0.717) is 6.54 Å². The van der Waals surface area contributed by atoms with Gasteiger partial charge in [0.15, 0.2) is 0 Å². The predicted octanol–water partition coefficient (Wildman–Crippen LogP) is 2.40. The van der Waals surface area contributed by atoms with Crippen molar-refractivity contribution in [1.29, 1.82) is 0 Å². The molecule has 0 radical (unpaired) electrons. The zero-order chi connectivity index (χ0) is 9.84. The van der Waals surface area contributed by atoms with Gasteiger partial charge in [0.1, 0.15) is 0 Å². The highest BCUT2D eigenvalue weighted by molar-refractivity contribution is 14.1. The molecule has 0 saturated carbocycles. The normalized spacial score (nSPS) is 9.69. The van der Waals surface area contributed by atoms with Crippen LogP contribution in [0.25, 0.3) is 0 Å². The number of carbonyl (C=O) groups is 1. The minimum Gasteiger partial charge on any atom is -0.465 e. The third kappa shape index (κ3) is 3.22. The van der Waals surface area contributed by atoms with Crippen molar-refractivity contribution < 1.29 is 9.90 Å². The highest BCUT2D eigenvalue weighted by Gasteiger charge is 2.04. The second kappa shape index (κ2) is 4.45. The second-order valence-electron chi connectivity index (χ2n) is 2.77. The Balaban J connectivity index is 2.64. The number of carboxylic acid groups (broad SMARTS) is 1. The van der Waals surface area contributed by atoms with Crippen molar-refractivity contribution in [1.82, 2.24) is 4.90 Å². The standard InChI is InChI=1S/C9H10INO2/c1-11(9(12)13)6-7-2-4-8(10)5-3-7/h2-5H,6H2,1H3,(H,12,13). The lowest BCUT2D eigenvalue weighted by Gasteiger charge is -2.12. The van der Waals surface area contributed by atoms with Gasteiger partial charge in [-0.2, -0.15) is 0 Å². The van der Waals surface area contributed by atoms with Gasteiger partial charge in [0.2, 0.25) is 0 Å². The van der Waals surface area contributed by atoms with Gasteiger partial charge in [0.05, 0.1) is 0 Å². The first kappa shape index (κ1) is 10.3. The number of hydrogen-bond donors (Lipinski definition) is 1. The minimum absolute atomic E-state index is 0.437. The number of rotatable bonds is 2. The summed E-state index contributed by atoms with van der Waals surface area (Å²) in [5.74, 6) is 0. The van der Waals surface area contributed by atoms with E-state index in [9.17, 15) is 4.79 Å². The molecule has 3 nitrogen and oxygen atoms in total. The van der Waals surface area contributed by atoms with Crippen molar-refractivity contribution in [3.05, 3.63) is 33.4 Å². The quantitative estimate of drug-likeness (QED) is 0.850. The van der Waals surface area contributed by atoms with Crippen LogP contribution in [0.5, 0.6) is 0 Å². The number of nitrogens with zero attached hydrogens (tertiary/aromatic N) is 1. The molecule has 1 aromatic rings. The van der Waals surface area contributed by atoms with Crippen LogP contribution in [-0.2, 0) is 6.54 Å². The van der Waals surface area contributed by atoms with Gasteiger partial charge in [-0.15, -0.1) is 0 Å². The van der Waals surface area contributed by atoms with Gasteiger partial charge < -0.3 is 10.0 Å². The summed E-state index contributed by atoms with van der Waals surface area (Å²) in [7, 11) is 1.56. The molecular weight excluding hydrogens is 281 g/mol. The fraction of sp³-hybridized carbons (Fsp3) is 0.222. The third-order valence-corrected chi connectivity index (χ3v) is 2.38. The van der Waals surface area contributed by atoms with Gasteiger partial charge in [0, 0.05) is 17.2 Å². The fourth-order valence-corrected chi connectivity index (χ4v) is 1.29. The van der Waals surface area contributed by atoms with Crippen LogP contribution in [-0.4, -0.2) is 23.1 Å². The molecule has 0 aliphatic carbocycles. The maximum Gasteiger partial charge on any atom is 0.407 e. The number of amides is 1. The highest BCUT2D eigenvalue weighted by Crippen LogP contribution is 2.08. The van der Waals surface area contributed by atoms with Gasteiger partial charge in [0.25, 0.3) is 0 Å². The molecule has 0 aromatic heterocycles. The van der Waals surface area contributed by atoms with Crippen molar-refractivity contribution >= 4 is 28.7 Å². The van der Waals surface area contributed by atoms with Crippen molar-refractivity contribution in [3.63, 3.8) is 0 Å². The van der Waals surface area contributed by atoms with Crippen molar-refractivity contribution in [2.75, 3.05) is 7.05 Å². The first-order valence-electron chi connectivity index (χ1n) is 3.78. The summed E-state index contributed by atoms with van der Waals surface area (Å²) in [6.07, 6.45) is -0.904. The van der Waals surface area contributed by atoms with Crippen LogP contribution in [0.2, 0.25) is 0 Å². The van der Waals surface area contributed by atoms with Crippen LogP contribution < -0.4 is 0 Å². The lowest BCUT2D eigenvalue weighted by molar-refractivity contribution is 0.154. The van der Waals surface area contributed by atoms with E-state index >= 15 is 0 Å². The summed E-state index contributed by atoms with van der Waals surface area (Å²) < 4.78 is 1.15. The summed E-state index contributed by atoms with van der Waals surface area (Å²) in [6.45, 7) is 0.437. The molecule has 0 spiro atoms. The van der Waals surface area contributed by atoms with Gasteiger partial charge >= 0.3 is 6.09 Å². The number of hydrogen-bond acceptors (Lipinski definition) is 1. The van der Waals surface area contributed by atoms with E-state index in [2.05, 4.69) is 22.6 Å². The fourth-order valence-electron chi connectivity index (χ4n) is 0.931. The minimum atomic E-state index is -0.904. The molecule has 13 heavy (non-hydrogen) atoms.